The number of nitrogens with one attached hydrogen (secondary N) is 2. The van der Waals surface area contributed by atoms with Crippen LogP contribution < -0.4 is 10.6 Å². The highest BCUT2D eigenvalue weighted by Crippen LogP contribution is 2.54. The summed E-state index contributed by atoms with van der Waals surface area (Å²) >= 11 is 0. The van der Waals surface area contributed by atoms with Gasteiger partial charge in [0.1, 0.15) is 5.66 Å². The van der Waals surface area contributed by atoms with Gasteiger partial charge in [0.25, 0.3) is 0 Å². The maximum absolute atomic E-state index is 12.8. The summed E-state index contributed by atoms with van der Waals surface area (Å²) in [7, 11) is 0. The highest BCUT2D eigenvalue weighted by molar-refractivity contribution is 5.91. The van der Waals surface area contributed by atoms with E-state index in [4.69, 9.17) is 0 Å². The number of urea groups is 1. The molecule has 4 rings (SSSR count). The SMILES string of the molecule is C[C@@]12CCN(C(=O)Nc3ccccc3)[C@@]1(C)Nc1ccccc12. The Labute approximate surface area is 136 Å². The first-order valence-corrected chi connectivity index (χ1v) is 8.06. The molecule has 2 aliphatic rings. The maximum atomic E-state index is 12.8. The van der Waals surface area contributed by atoms with Crippen molar-refractivity contribution in [3.8, 4) is 0 Å². The number of rotatable bonds is 1. The summed E-state index contributed by atoms with van der Waals surface area (Å²) in [5.74, 6) is 0. The van der Waals surface area contributed by atoms with Crippen LogP contribution >= 0.6 is 0 Å². The molecule has 2 N–H and O–H groups in total. The molecule has 0 aliphatic carbocycles. The molecule has 0 saturated carbocycles. The second-order valence-corrected chi connectivity index (χ2v) is 6.77. The van der Waals surface area contributed by atoms with E-state index in [1.54, 1.807) is 0 Å². The first-order chi connectivity index (χ1) is 11.0. The zero-order valence-electron chi connectivity index (χ0n) is 13.5. The highest BCUT2D eigenvalue weighted by Gasteiger charge is 2.60. The number of anilines is 2. The lowest BCUT2D eigenvalue weighted by atomic mass is 9.75. The number of nitrogens with zero attached hydrogens (tertiary/aromatic N) is 1. The zero-order chi connectivity index (χ0) is 16.1. The monoisotopic (exact) mass is 307 g/mol. The smallest absolute Gasteiger partial charge is 0.323 e. The van der Waals surface area contributed by atoms with Crippen LogP contribution in [0.25, 0.3) is 0 Å². The Kier molecular flexibility index (Phi) is 2.92. The lowest BCUT2D eigenvalue weighted by Gasteiger charge is -2.40. The quantitative estimate of drug-likeness (QED) is 0.835. The van der Waals surface area contributed by atoms with Crippen molar-refractivity contribution in [1.29, 1.82) is 0 Å². The summed E-state index contributed by atoms with van der Waals surface area (Å²) in [4.78, 5) is 14.8. The Morgan fingerprint density at radius 3 is 2.57 bits per heavy atom. The summed E-state index contributed by atoms with van der Waals surface area (Å²) < 4.78 is 0. The number of para-hydroxylation sites is 2. The second kappa shape index (κ2) is 4.75. The van der Waals surface area contributed by atoms with Gasteiger partial charge in [0.2, 0.25) is 0 Å². The molecule has 4 heteroatoms. The third-order valence-electron chi connectivity index (χ3n) is 5.62. The van der Waals surface area contributed by atoms with Crippen molar-refractivity contribution in [1.82, 2.24) is 4.90 Å². The number of fused-ring (bicyclic) bond motifs is 3. The van der Waals surface area contributed by atoms with Gasteiger partial charge in [-0.1, -0.05) is 43.3 Å². The molecule has 1 fully saturated rings. The molecule has 2 amide bonds. The number of carbonyl (C=O) groups is 1. The van der Waals surface area contributed by atoms with E-state index in [0.717, 1.165) is 24.3 Å². The Morgan fingerprint density at radius 1 is 1.09 bits per heavy atom. The Balaban J connectivity index is 1.65. The van der Waals surface area contributed by atoms with Gasteiger partial charge in [-0.2, -0.15) is 0 Å². The third-order valence-corrected chi connectivity index (χ3v) is 5.62. The predicted octanol–water partition coefficient (Wildman–Crippen LogP) is 4.02. The lowest BCUT2D eigenvalue weighted by molar-refractivity contribution is 0.160. The standard InChI is InChI=1S/C19H21N3O/c1-18-12-13-22(17(23)20-14-8-4-3-5-9-14)19(18,2)21-16-11-7-6-10-15(16)18/h3-11,21H,12-13H2,1-2H3,(H,20,23)/t18-,19+/m0/s1. The summed E-state index contributed by atoms with van der Waals surface area (Å²) in [6, 6.07) is 17.9. The van der Waals surface area contributed by atoms with Crippen LogP contribution in [0.5, 0.6) is 0 Å². The normalized spacial score (nSPS) is 28.0. The molecular weight excluding hydrogens is 286 g/mol. The molecule has 2 aliphatic heterocycles. The third kappa shape index (κ3) is 1.87. The van der Waals surface area contributed by atoms with Crippen molar-refractivity contribution in [2.45, 2.75) is 31.3 Å². The molecule has 2 aromatic carbocycles. The van der Waals surface area contributed by atoms with Gasteiger partial charge in [-0.05, 0) is 37.1 Å². The number of carbonyl (C=O) groups excluding carboxylic acids is 1. The first kappa shape index (κ1) is 14.1. The van der Waals surface area contributed by atoms with Crippen LogP contribution in [0.15, 0.2) is 54.6 Å². The Bertz CT molecular complexity index is 760. The highest BCUT2D eigenvalue weighted by atomic mass is 16.2. The number of amides is 2. The second-order valence-electron chi connectivity index (χ2n) is 6.77. The minimum atomic E-state index is -0.407. The largest absolute Gasteiger partial charge is 0.362 e. The molecule has 1 saturated heterocycles. The number of benzene rings is 2. The average molecular weight is 307 g/mol. The van der Waals surface area contributed by atoms with Crippen molar-refractivity contribution in [3.63, 3.8) is 0 Å². The molecule has 0 aromatic heterocycles. The van der Waals surface area contributed by atoms with Crippen LogP contribution in [-0.2, 0) is 5.41 Å². The molecule has 23 heavy (non-hydrogen) atoms. The molecule has 0 spiro atoms. The number of likely N-dealkylation sites (tertiary alicyclic amines) is 1. The van der Waals surface area contributed by atoms with E-state index in [1.807, 2.05) is 41.3 Å². The number of hydrogen-bond acceptors (Lipinski definition) is 2. The fourth-order valence-electron chi connectivity index (χ4n) is 4.06. The van der Waals surface area contributed by atoms with Crippen LogP contribution in [0.4, 0.5) is 16.2 Å². The molecule has 0 radical (unpaired) electrons. The van der Waals surface area contributed by atoms with Crippen LogP contribution in [0.2, 0.25) is 0 Å². The van der Waals surface area contributed by atoms with Crippen molar-refractivity contribution in [3.05, 3.63) is 60.2 Å². The van der Waals surface area contributed by atoms with Gasteiger partial charge in [0, 0.05) is 23.3 Å². The van der Waals surface area contributed by atoms with Crippen molar-refractivity contribution in [2.75, 3.05) is 17.2 Å². The van der Waals surface area contributed by atoms with E-state index in [9.17, 15) is 4.79 Å². The predicted molar refractivity (Wildman–Crippen MR) is 92.6 cm³/mol. The molecule has 118 valence electrons. The molecule has 2 aromatic rings. The van der Waals surface area contributed by atoms with E-state index in [2.05, 4.69) is 42.7 Å². The van der Waals surface area contributed by atoms with Crippen LogP contribution in [-0.4, -0.2) is 23.1 Å². The summed E-state index contributed by atoms with van der Waals surface area (Å²) in [5.41, 5.74) is 2.78. The van der Waals surface area contributed by atoms with Crippen LogP contribution in [0, 0.1) is 0 Å². The first-order valence-electron chi connectivity index (χ1n) is 8.06. The van der Waals surface area contributed by atoms with Crippen LogP contribution in [0.3, 0.4) is 0 Å². The lowest BCUT2D eigenvalue weighted by Crippen LogP contribution is -2.57. The van der Waals surface area contributed by atoms with E-state index in [1.165, 1.54) is 5.56 Å². The number of hydrogen-bond donors (Lipinski definition) is 2. The van der Waals surface area contributed by atoms with Crippen molar-refractivity contribution >= 4 is 17.4 Å². The summed E-state index contributed by atoms with van der Waals surface area (Å²) in [6.07, 6.45) is 0.954. The summed E-state index contributed by atoms with van der Waals surface area (Å²) in [5, 5.41) is 6.61. The maximum Gasteiger partial charge on any atom is 0.323 e. The van der Waals surface area contributed by atoms with E-state index >= 15 is 0 Å². The summed E-state index contributed by atoms with van der Waals surface area (Å²) in [6.45, 7) is 5.12. The molecule has 0 unspecified atom stereocenters. The fraction of sp³-hybridized carbons (Fsp3) is 0.316. The van der Waals surface area contributed by atoms with Crippen molar-refractivity contribution < 1.29 is 4.79 Å². The molecule has 4 nitrogen and oxygen atoms in total. The van der Waals surface area contributed by atoms with Gasteiger partial charge in [0.05, 0.1) is 0 Å². The van der Waals surface area contributed by atoms with Gasteiger partial charge < -0.3 is 15.5 Å². The van der Waals surface area contributed by atoms with E-state index in [-0.39, 0.29) is 11.4 Å². The fourth-order valence-corrected chi connectivity index (χ4v) is 4.06. The Hall–Kier alpha value is -2.49. The minimum absolute atomic E-state index is 0.0530. The van der Waals surface area contributed by atoms with Gasteiger partial charge >= 0.3 is 6.03 Å². The van der Waals surface area contributed by atoms with Gasteiger partial charge in [-0.3, -0.25) is 0 Å². The Morgan fingerprint density at radius 2 is 1.78 bits per heavy atom. The van der Waals surface area contributed by atoms with E-state index < -0.39 is 5.66 Å². The van der Waals surface area contributed by atoms with E-state index in [0.29, 0.717) is 0 Å². The molecule has 2 atom stereocenters. The van der Waals surface area contributed by atoms with Gasteiger partial charge in [0.15, 0.2) is 0 Å². The van der Waals surface area contributed by atoms with Crippen molar-refractivity contribution in [2.24, 2.45) is 0 Å². The molecular formula is C19H21N3O. The minimum Gasteiger partial charge on any atom is -0.362 e. The topological polar surface area (TPSA) is 44.4 Å². The average Bonchev–Trinajstić information content (AvgIpc) is 2.93. The van der Waals surface area contributed by atoms with Gasteiger partial charge in [-0.25, -0.2) is 4.79 Å². The van der Waals surface area contributed by atoms with Gasteiger partial charge in [-0.15, -0.1) is 0 Å². The molecule has 0 bridgehead atoms. The zero-order valence-corrected chi connectivity index (χ0v) is 13.5. The van der Waals surface area contributed by atoms with Crippen LogP contribution in [0.1, 0.15) is 25.8 Å². The molecule has 2 heterocycles.